The van der Waals surface area contributed by atoms with Gasteiger partial charge in [-0.25, -0.2) is 0 Å². The third-order valence-corrected chi connectivity index (χ3v) is 3.62. The molecule has 0 aliphatic rings. The van der Waals surface area contributed by atoms with Crippen molar-refractivity contribution in [3.63, 3.8) is 0 Å². The van der Waals surface area contributed by atoms with E-state index in [1.54, 1.807) is 0 Å². The molecule has 0 heterocycles. The van der Waals surface area contributed by atoms with Gasteiger partial charge in [0, 0.05) is 6.42 Å². The summed E-state index contributed by atoms with van der Waals surface area (Å²) in [6.07, 6.45) is 13.7. The smallest absolute Gasteiger partial charge is 0.306 e. The number of carbonyl (C=O) groups is 1. The summed E-state index contributed by atoms with van der Waals surface area (Å²) >= 11 is 0. The lowest BCUT2D eigenvalue weighted by Crippen LogP contribution is -2.17. The van der Waals surface area contributed by atoms with Crippen molar-refractivity contribution in [2.45, 2.75) is 104 Å². The monoisotopic (exact) mass is 270 g/mol. The zero-order chi connectivity index (χ0) is 14.3. The molecule has 0 spiro atoms. The molecule has 1 atom stereocenters. The van der Waals surface area contributed by atoms with Crippen LogP contribution in [0.1, 0.15) is 97.8 Å². The molecule has 1 unspecified atom stereocenters. The van der Waals surface area contributed by atoms with E-state index in [1.165, 1.54) is 44.9 Å². The summed E-state index contributed by atoms with van der Waals surface area (Å²) in [5.41, 5.74) is 0. The van der Waals surface area contributed by atoms with Gasteiger partial charge in [-0.15, -0.1) is 0 Å². The molecule has 0 N–H and O–H groups in total. The highest BCUT2D eigenvalue weighted by molar-refractivity contribution is 5.69. The normalized spacial score (nSPS) is 12.4. The van der Waals surface area contributed by atoms with Gasteiger partial charge in [0.2, 0.25) is 0 Å². The number of hydrogen-bond acceptors (Lipinski definition) is 2. The van der Waals surface area contributed by atoms with Crippen LogP contribution in [0.3, 0.4) is 0 Å². The number of hydrogen-bond donors (Lipinski definition) is 0. The summed E-state index contributed by atoms with van der Waals surface area (Å²) in [5, 5.41) is 0. The summed E-state index contributed by atoms with van der Waals surface area (Å²) in [4.78, 5) is 11.7. The molecule has 0 fully saturated rings. The van der Waals surface area contributed by atoms with Crippen LogP contribution in [-0.4, -0.2) is 12.1 Å². The molecule has 0 amide bonds. The first kappa shape index (κ1) is 18.5. The molecular formula is C17H34O2. The molecule has 0 saturated carbocycles. The molecule has 2 heteroatoms. The fraction of sp³-hybridized carbons (Fsp3) is 0.941. The lowest BCUT2D eigenvalue weighted by molar-refractivity contribution is -0.149. The van der Waals surface area contributed by atoms with E-state index < -0.39 is 0 Å². The molecule has 0 aliphatic carbocycles. The zero-order valence-corrected chi connectivity index (χ0v) is 13.4. The van der Waals surface area contributed by atoms with Gasteiger partial charge in [0.1, 0.15) is 6.10 Å². The molecule has 0 bridgehead atoms. The summed E-state index contributed by atoms with van der Waals surface area (Å²) < 4.78 is 5.55. The summed E-state index contributed by atoms with van der Waals surface area (Å²) in [6.45, 7) is 6.53. The van der Waals surface area contributed by atoms with Crippen LogP contribution < -0.4 is 0 Å². The SMILES string of the molecule is CCCCCCCC(CC)OC(=O)CCCCCC. The Morgan fingerprint density at radius 2 is 1.42 bits per heavy atom. The fourth-order valence-corrected chi connectivity index (χ4v) is 2.26. The number of unbranched alkanes of at least 4 members (excludes halogenated alkanes) is 7. The maximum atomic E-state index is 11.7. The van der Waals surface area contributed by atoms with Crippen LogP contribution in [0, 0.1) is 0 Å². The van der Waals surface area contributed by atoms with Crippen LogP contribution in [0.2, 0.25) is 0 Å². The molecule has 0 radical (unpaired) electrons. The van der Waals surface area contributed by atoms with Gasteiger partial charge in [-0.1, -0.05) is 65.7 Å². The van der Waals surface area contributed by atoms with E-state index >= 15 is 0 Å². The lowest BCUT2D eigenvalue weighted by atomic mass is 10.1. The summed E-state index contributed by atoms with van der Waals surface area (Å²) in [5.74, 6) is 0.0107. The first-order valence-electron chi connectivity index (χ1n) is 8.44. The average Bonchev–Trinajstić information content (AvgIpc) is 2.42. The van der Waals surface area contributed by atoms with Gasteiger partial charge in [-0.3, -0.25) is 4.79 Å². The Hall–Kier alpha value is -0.530. The summed E-state index contributed by atoms with van der Waals surface area (Å²) in [7, 11) is 0. The second-order valence-corrected chi connectivity index (χ2v) is 5.53. The van der Waals surface area contributed by atoms with Crippen molar-refractivity contribution in [2.24, 2.45) is 0 Å². The Morgan fingerprint density at radius 3 is 2.00 bits per heavy atom. The predicted molar refractivity (Wildman–Crippen MR) is 82.3 cm³/mol. The van der Waals surface area contributed by atoms with Gasteiger partial charge in [0.15, 0.2) is 0 Å². The summed E-state index contributed by atoms with van der Waals surface area (Å²) in [6, 6.07) is 0. The van der Waals surface area contributed by atoms with E-state index in [0.29, 0.717) is 6.42 Å². The van der Waals surface area contributed by atoms with Gasteiger partial charge in [0.25, 0.3) is 0 Å². The second-order valence-electron chi connectivity index (χ2n) is 5.53. The minimum atomic E-state index is 0.0107. The van der Waals surface area contributed by atoms with Crippen LogP contribution in [0.4, 0.5) is 0 Å². The number of rotatable bonds is 13. The molecule has 2 nitrogen and oxygen atoms in total. The van der Waals surface area contributed by atoms with Crippen LogP contribution in [0.5, 0.6) is 0 Å². The topological polar surface area (TPSA) is 26.3 Å². The minimum Gasteiger partial charge on any atom is -0.462 e. The van der Waals surface area contributed by atoms with Gasteiger partial charge >= 0.3 is 5.97 Å². The van der Waals surface area contributed by atoms with Crippen molar-refractivity contribution in [3.05, 3.63) is 0 Å². The van der Waals surface area contributed by atoms with Gasteiger partial charge in [0.05, 0.1) is 0 Å². The maximum absolute atomic E-state index is 11.7. The Balaban J connectivity index is 3.58. The number of carbonyl (C=O) groups excluding carboxylic acids is 1. The van der Waals surface area contributed by atoms with Crippen LogP contribution in [0.15, 0.2) is 0 Å². The first-order valence-corrected chi connectivity index (χ1v) is 8.44. The Bertz CT molecular complexity index is 201. The van der Waals surface area contributed by atoms with E-state index in [0.717, 1.165) is 25.7 Å². The Kier molecular flexibility index (Phi) is 13.5. The number of esters is 1. The highest BCUT2D eigenvalue weighted by Gasteiger charge is 2.11. The first-order chi connectivity index (χ1) is 9.24. The number of ether oxygens (including phenoxy) is 1. The van der Waals surface area contributed by atoms with Crippen molar-refractivity contribution in [1.82, 2.24) is 0 Å². The highest BCUT2D eigenvalue weighted by Crippen LogP contribution is 2.13. The molecule has 0 saturated heterocycles. The van der Waals surface area contributed by atoms with Gasteiger partial charge < -0.3 is 4.74 Å². The van der Waals surface area contributed by atoms with E-state index in [9.17, 15) is 4.79 Å². The molecule has 114 valence electrons. The van der Waals surface area contributed by atoms with E-state index in [2.05, 4.69) is 20.8 Å². The third-order valence-electron chi connectivity index (χ3n) is 3.62. The lowest BCUT2D eigenvalue weighted by Gasteiger charge is -2.16. The van der Waals surface area contributed by atoms with Crippen molar-refractivity contribution in [3.8, 4) is 0 Å². The van der Waals surface area contributed by atoms with Crippen molar-refractivity contribution in [1.29, 1.82) is 0 Å². The fourth-order valence-electron chi connectivity index (χ4n) is 2.26. The second kappa shape index (κ2) is 13.9. The van der Waals surface area contributed by atoms with Gasteiger partial charge in [-0.05, 0) is 25.7 Å². The Morgan fingerprint density at radius 1 is 0.842 bits per heavy atom. The van der Waals surface area contributed by atoms with Crippen molar-refractivity contribution in [2.75, 3.05) is 0 Å². The van der Waals surface area contributed by atoms with Gasteiger partial charge in [-0.2, -0.15) is 0 Å². The zero-order valence-electron chi connectivity index (χ0n) is 13.4. The van der Waals surface area contributed by atoms with Crippen molar-refractivity contribution < 1.29 is 9.53 Å². The largest absolute Gasteiger partial charge is 0.462 e. The van der Waals surface area contributed by atoms with Crippen LogP contribution >= 0.6 is 0 Å². The highest BCUT2D eigenvalue weighted by atomic mass is 16.5. The molecular weight excluding hydrogens is 236 g/mol. The minimum absolute atomic E-state index is 0.0107. The van der Waals surface area contributed by atoms with Crippen molar-refractivity contribution >= 4 is 5.97 Å². The molecule has 0 rings (SSSR count). The van der Waals surface area contributed by atoms with Crippen LogP contribution in [0.25, 0.3) is 0 Å². The standard InChI is InChI=1S/C17H34O2/c1-4-7-9-11-12-14-16(6-3)19-17(18)15-13-10-8-5-2/h16H,4-15H2,1-3H3. The van der Waals surface area contributed by atoms with E-state index in [-0.39, 0.29) is 12.1 Å². The van der Waals surface area contributed by atoms with E-state index in [4.69, 9.17) is 4.74 Å². The molecule has 0 aromatic rings. The van der Waals surface area contributed by atoms with Crippen LogP contribution in [-0.2, 0) is 9.53 Å². The molecule has 19 heavy (non-hydrogen) atoms. The molecule has 0 aromatic heterocycles. The average molecular weight is 270 g/mol. The Labute approximate surface area is 120 Å². The van der Waals surface area contributed by atoms with E-state index in [1.807, 2.05) is 0 Å². The molecule has 0 aliphatic heterocycles. The maximum Gasteiger partial charge on any atom is 0.306 e. The quantitative estimate of drug-likeness (QED) is 0.320. The predicted octanol–water partition coefficient (Wildman–Crippen LogP) is 5.64. The third kappa shape index (κ3) is 12.3. The molecule has 0 aromatic carbocycles.